The molecule has 3 heteroatoms. The Balaban J connectivity index is 2.37. The number of hydrogen-bond donors (Lipinski definition) is 1. The second-order valence-corrected chi connectivity index (χ2v) is 4.93. The summed E-state index contributed by atoms with van der Waals surface area (Å²) < 4.78 is 5.54. The molecular formula is C14H16O2S. The van der Waals surface area contributed by atoms with E-state index in [0.717, 1.165) is 21.8 Å². The molecule has 0 saturated carbocycles. The molecule has 0 aliphatic carbocycles. The van der Waals surface area contributed by atoms with Crippen molar-refractivity contribution in [3.63, 3.8) is 0 Å². The molecule has 17 heavy (non-hydrogen) atoms. The molecule has 0 aliphatic heterocycles. The van der Waals surface area contributed by atoms with Crippen LogP contribution in [0.3, 0.4) is 0 Å². The van der Waals surface area contributed by atoms with E-state index in [4.69, 9.17) is 4.74 Å². The minimum absolute atomic E-state index is 0.604. The first-order valence-electron chi connectivity index (χ1n) is 5.67. The molecule has 1 aromatic heterocycles. The lowest BCUT2D eigenvalue weighted by molar-refractivity contribution is 0.212. The Labute approximate surface area is 105 Å². The Morgan fingerprint density at radius 1 is 1.24 bits per heavy atom. The Kier molecular flexibility index (Phi) is 3.82. The van der Waals surface area contributed by atoms with E-state index in [1.54, 1.807) is 11.3 Å². The summed E-state index contributed by atoms with van der Waals surface area (Å²) in [5, 5.41) is 12.4. The van der Waals surface area contributed by atoms with Crippen LogP contribution >= 0.6 is 11.3 Å². The van der Waals surface area contributed by atoms with E-state index in [9.17, 15) is 5.11 Å². The van der Waals surface area contributed by atoms with E-state index in [1.807, 2.05) is 49.6 Å². The fraction of sp³-hybridized carbons (Fsp3) is 0.286. The lowest BCUT2D eigenvalue weighted by Gasteiger charge is -2.15. The summed E-state index contributed by atoms with van der Waals surface area (Å²) in [6.07, 6.45) is -0.607. The predicted molar refractivity (Wildman–Crippen MR) is 70.7 cm³/mol. The quantitative estimate of drug-likeness (QED) is 0.896. The Bertz CT molecular complexity index is 490. The van der Waals surface area contributed by atoms with Crippen molar-refractivity contribution in [1.82, 2.24) is 0 Å². The molecule has 0 amide bonds. The predicted octanol–water partition coefficient (Wildman–Crippen LogP) is 3.54. The van der Waals surface area contributed by atoms with Gasteiger partial charge in [0.05, 0.1) is 6.61 Å². The van der Waals surface area contributed by atoms with Crippen molar-refractivity contribution < 1.29 is 9.84 Å². The van der Waals surface area contributed by atoms with Crippen LogP contribution in [0.15, 0.2) is 35.7 Å². The van der Waals surface area contributed by atoms with Crippen LogP contribution in [-0.2, 0) is 0 Å². The molecule has 1 heterocycles. The third-order valence-electron chi connectivity index (χ3n) is 2.71. The molecule has 1 atom stereocenters. The van der Waals surface area contributed by atoms with Crippen LogP contribution in [0, 0.1) is 6.92 Å². The van der Waals surface area contributed by atoms with Gasteiger partial charge in [0.25, 0.3) is 0 Å². The monoisotopic (exact) mass is 248 g/mol. The molecule has 0 fully saturated rings. The SMILES string of the molecule is CCOc1ccccc1C(O)c1ccsc1C. The van der Waals surface area contributed by atoms with Crippen LogP contribution in [0.2, 0.25) is 0 Å². The van der Waals surface area contributed by atoms with Gasteiger partial charge in [-0.1, -0.05) is 18.2 Å². The molecule has 0 bridgehead atoms. The molecule has 0 radical (unpaired) electrons. The van der Waals surface area contributed by atoms with Gasteiger partial charge in [0, 0.05) is 10.4 Å². The fourth-order valence-corrected chi connectivity index (χ4v) is 2.57. The third-order valence-corrected chi connectivity index (χ3v) is 3.57. The maximum atomic E-state index is 10.4. The molecule has 1 unspecified atom stereocenters. The topological polar surface area (TPSA) is 29.5 Å². The zero-order chi connectivity index (χ0) is 12.3. The summed E-state index contributed by atoms with van der Waals surface area (Å²) in [5.41, 5.74) is 1.79. The van der Waals surface area contributed by atoms with Gasteiger partial charge >= 0.3 is 0 Å². The van der Waals surface area contributed by atoms with Crippen molar-refractivity contribution in [2.75, 3.05) is 6.61 Å². The van der Waals surface area contributed by atoms with Crippen molar-refractivity contribution >= 4 is 11.3 Å². The van der Waals surface area contributed by atoms with Gasteiger partial charge in [-0.15, -0.1) is 11.3 Å². The number of thiophene rings is 1. The number of rotatable bonds is 4. The van der Waals surface area contributed by atoms with Gasteiger partial charge in [-0.2, -0.15) is 0 Å². The summed E-state index contributed by atoms with van der Waals surface area (Å²) in [6.45, 7) is 4.57. The van der Waals surface area contributed by atoms with Crippen molar-refractivity contribution in [2.45, 2.75) is 20.0 Å². The molecule has 1 N–H and O–H groups in total. The van der Waals surface area contributed by atoms with Crippen LogP contribution in [0.4, 0.5) is 0 Å². The molecule has 0 spiro atoms. The normalized spacial score (nSPS) is 12.4. The van der Waals surface area contributed by atoms with E-state index < -0.39 is 6.10 Å². The summed E-state index contributed by atoms with van der Waals surface area (Å²) in [7, 11) is 0. The van der Waals surface area contributed by atoms with Gasteiger partial charge < -0.3 is 9.84 Å². The van der Waals surface area contributed by atoms with Gasteiger partial charge in [-0.3, -0.25) is 0 Å². The van der Waals surface area contributed by atoms with E-state index in [2.05, 4.69) is 0 Å². The molecular weight excluding hydrogens is 232 g/mol. The van der Waals surface area contributed by atoms with Crippen LogP contribution in [0.25, 0.3) is 0 Å². The van der Waals surface area contributed by atoms with Crippen LogP contribution < -0.4 is 4.74 Å². The lowest BCUT2D eigenvalue weighted by Crippen LogP contribution is -2.03. The van der Waals surface area contributed by atoms with Crippen molar-refractivity contribution in [3.05, 3.63) is 51.7 Å². The number of aliphatic hydroxyl groups is 1. The van der Waals surface area contributed by atoms with E-state index in [-0.39, 0.29) is 0 Å². The van der Waals surface area contributed by atoms with E-state index in [0.29, 0.717) is 6.61 Å². The highest BCUT2D eigenvalue weighted by atomic mass is 32.1. The fourth-order valence-electron chi connectivity index (χ4n) is 1.84. The largest absolute Gasteiger partial charge is 0.493 e. The second kappa shape index (κ2) is 5.34. The average molecular weight is 248 g/mol. The van der Waals surface area contributed by atoms with Crippen LogP contribution in [0.1, 0.15) is 29.0 Å². The highest BCUT2D eigenvalue weighted by molar-refractivity contribution is 7.10. The zero-order valence-electron chi connectivity index (χ0n) is 10.0. The number of benzene rings is 1. The van der Waals surface area contributed by atoms with Gasteiger partial charge in [-0.05, 0) is 36.9 Å². The summed E-state index contributed by atoms with van der Waals surface area (Å²) in [6, 6.07) is 9.61. The number of hydrogen-bond acceptors (Lipinski definition) is 3. The van der Waals surface area contributed by atoms with Crippen molar-refractivity contribution in [1.29, 1.82) is 0 Å². The number of para-hydroxylation sites is 1. The summed E-state index contributed by atoms with van der Waals surface area (Å²) in [5.74, 6) is 0.758. The van der Waals surface area contributed by atoms with Crippen molar-refractivity contribution in [2.24, 2.45) is 0 Å². The molecule has 1 aromatic carbocycles. The third kappa shape index (κ3) is 2.51. The maximum absolute atomic E-state index is 10.4. The molecule has 2 rings (SSSR count). The van der Waals surface area contributed by atoms with Gasteiger partial charge in [0.1, 0.15) is 11.9 Å². The molecule has 0 aliphatic rings. The second-order valence-electron chi connectivity index (χ2n) is 3.81. The molecule has 2 nitrogen and oxygen atoms in total. The molecule has 2 aromatic rings. The van der Waals surface area contributed by atoms with Crippen LogP contribution in [0.5, 0.6) is 5.75 Å². The minimum Gasteiger partial charge on any atom is -0.493 e. The Morgan fingerprint density at radius 2 is 2.00 bits per heavy atom. The lowest BCUT2D eigenvalue weighted by atomic mass is 10.0. The summed E-state index contributed by atoms with van der Waals surface area (Å²) in [4.78, 5) is 1.14. The highest BCUT2D eigenvalue weighted by Crippen LogP contribution is 2.33. The van der Waals surface area contributed by atoms with E-state index >= 15 is 0 Å². The molecule has 0 saturated heterocycles. The standard InChI is InChI=1S/C14H16O2S/c1-3-16-13-7-5-4-6-12(13)14(15)11-8-9-17-10(11)2/h4-9,14-15H,3H2,1-2H3. The zero-order valence-corrected chi connectivity index (χ0v) is 10.8. The van der Waals surface area contributed by atoms with Crippen molar-refractivity contribution in [3.8, 4) is 5.75 Å². The van der Waals surface area contributed by atoms with E-state index in [1.165, 1.54) is 0 Å². The first-order chi connectivity index (χ1) is 8.24. The Hall–Kier alpha value is -1.32. The first kappa shape index (κ1) is 12.1. The maximum Gasteiger partial charge on any atom is 0.125 e. The Morgan fingerprint density at radius 3 is 2.65 bits per heavy atom. The van der Waals surface area contributed by atoms with Gasteiger partial charge in [-0.25, -0.2) is 0 Å². The number of aliphatic hydroxyl groups excluding tert-OH is 1. The number of aryl methyl sites for hydroxylation is 1. The van der Waals surface area contributed by atoms with Gasteiger partial charge in [0.2, 0.25) is 0 Å². The minimum atomic E-state index is -0.607. The van der Waals surface area contributed by atoms with Crippen LogP contribution in [-0.4, -0.2) is 11.7 Å². The smallest absolute Gasteiger partial charge is 0.125 e. The average Bonchev–Trinajstić information content (AvgIpc) is 2.76. The summed E-state index contributed by atoms with van der Waals surface area (Å²) >= 11 is 1.65. The molecule has 90 valence electrons. The van der Waals surface area contributed by atoms with Gasteiger partial charge in [0.15, 0.2) is 0 Å². The highest BCUT2D eigenvalue weighted by Gasteiger charge is 2.17. The first-order valence-corrected chi connectivity index (χ1v) is 6.55. The number of ether oxygens (including phenoxy) is 1.